The number of hydrogen-bond donors (Lipinski definition) is 3. The lowest BCUT2D eigenvalue weighted by Crippen LogP contribution is -2.14. The number of carbonyl (C=O) groups excluding carboxylic acids is 2. The summed E-state index contributed by atoms with van der Waals surface area (Å²) in [6.07, 6.45) is 1.64. The van der Waals surface area contributed by atoms with Gasteiger partial charge in [-0.1, -0.05) is 30.3 Å². The summed E-state index contributed by atoms with van der Waals surface area (Å²) in [4.78, 5) is 27.5. The normalized spacial score (nSPS) is 10.1. The highest BCUT2D eigenvalue weighted by Gasteiger charge is 2.08. The lowest BCUT2D eigenvalue weighted by Gasteiger charge is -2.08. The van der Waals surface area contributed by atoms with Crippen LogP contribution in [0.4, 0.5) is 17.1 Å². The summed E-state index contributed by atoms with van der Waals surface area (Å²) in [5.41, 5.74) is 3.64. The molecule has 3 aromatic rings. The third kappa shape index (κ3) is 5.40. The molecule has 6 heteroatoms. The Labute approximate surface area is 157 Å². The van der Waals surface area contributed by atoms with Gasteiger partial charge in [-0.3, -0.25) is 9.59 Å². The molecule has 136 valence electrons. The van der Waals surface area contributed by atoms with Crippen LogP contribution in [-0.4, -0.2) is 16.8 Å². The summed E-state index contributed by atoms with van der Waals surface area (Å²) in [5, 5.41) is 8.73. The molecule has 3 N–H and O–H groups in total. The van der Waals surface area contributed by atoms with Crippen molar-refractivity contribution in [2.45, 2.75) is 13.5 Å². The van der Waals surface area contributed by atoms with Gasteiger partial charge in [0.05, 0.1) is 11.9 Å². The minimum atomic E-state index is -0.295. The minimum Gasteiger partial charge on any atom is -0.380 e. The quantitative estimate of drug-likeness (QED) is 0.622. The average Bonchev–Trinajstić information content (AvgIpc) is 2.69. The van der Waals surface area contributed by atoms with Crippen LogP contribution in [0.15, 0.2) is 72.9 Å². The van der Waals surface area contributed by atoms with Crippen molar-refractivity contribution in [3.63, 3.8) is 0 Å². The first-order chi connectivity index (χ1) is 13.1. The van der Waals surface area contributed by atoms with Gasteiger partial charge in [0.1, 0.15) is 5.69 Å². The Balaban J connectivity index is 1.56. The maximum Gasteiger partial charge on any atom is 0.274 e. The largest absolute Gasteiger partial charge is 0.380 e. The standard InChI is InChI=1S/C21H20N4O2/c1-15(26)24-17-7-9-18(10-8-17)25-21(27)20-12-11-19(14-23-20)22-13-16-5-3-2-4-6-16/h2-12,14,22H,13H2,1H3,(H,24,26)(H,25,27). The van der Waals surface area contributed by atoms with Crippen LogP contribution < -0.4 is 16.0 Å². The number of pyridine rings is 1. The molecule has 0 aliphatic heterocycles. The van der Waals surface area contributed by atoms with Crippen LogP contribution in [0.2, 0.25) is 0 Å². The van der Waals surface area contributed by atoms with Gasteiger partial charge >= 0.3 is 0 Å². The molecule has 3 rings (SSSR count). The second kappa shape index (κ2) is 8.62. The van der Waals surface area contributed by atoms with Crippen LogP contribution in [0, 0.1) is 0 Å². The molecule has 0 fully saturated rings. The van der Waals surface area contributed by atoms with E-state index in [0.29, 0.717) is 23.6 Å². The molecule has 2 aromatic carbocycles. The maximum absolute atomic E-state index is 12.3. The molecule has 0 spiro atoms. The highest BCUT2D eigenvalue weighted by Crippen LogP contribution is 2.15. The van der Waals surface area contributed by atoms with E-state index >= 15 is 0 Å². The van der Waals surface area contributed by atoms with Gasteiger partial charge in [0.2, 0.25) is 5.91 Å². The third-order valence-electron chi connectivity index (χ3n) is 3.80. The molecule has 0 bridgehead atoms. The van der Waals surface area contributed by atoms with Gasteiger partial charge < -0.3 is 16.0 Å². The van der Waals surface area contributed by atoms with Crippen LogP contribution in [0.1, 0.15) is 23.0 Å². The van der Waals surface area contributed by atoms with Crippen LogP contribution in [0.5, 0.6) is 0 Å². The predicted molar refractivity (Wildman–Crippen MR) is 107 cm³/mol. The van der Waals surface area contributed by atoms with Gasteiger partial charge in [0, 0.05) is 24.8 Å². The summed E-state index contributed by atoms with van der Waals surface area (Å²) < 4.78 is 0. The Bertz CT molecular complexity index is 907. The van der Waals surface area contributed by atoms with Gasteiger partial charge in [-0.05, 0) is 42.0 Å². The predicted octanol–water partition coefficient (Wildman–Crippen LogP) is 3.90. The average molecular weight is 360 g/mol. The van der Waals surface area contributed by atoms with E-state index in [1.807, 2.05) is 36.4 Å². The zero-order chi connectivity index (χ0) is 19.1. The number of hydrogen-bond acceptors (Lipinski definition) is 4. The monoisotopic (exact) mass is 360 g/mol. The van der Waals surface area contributed by atoms with Gasteiger partial charge in [0.25, 0.3) is 5.91 Å². The number of amides is 2. The van der Waals surface area contributed by atoms with Crippen LogP contribution in [-0.2, 0) is 11.3 Å². The molecule has 0 atom stereocenters. The highest BCUT2D eigenvalue weighted by molar-refractivity contribution is 6.03. The fourth-order valence-electron chi connectivity index (χ4n) is 2.47. The van der Waals surface area contributed by atoms with Crippen molar-refractivity contribution in [3.05, 3.63) is 84.2 Å². The van der Waals surface area contributed by atoms with E-state index in [2.05, 4.69) is 20.9 Å². The molecular weight excluding hydrogens is 340 g/mol. The summed E-state index contributed by atoms with van der Waals surface area (Å²) in [6.45, 7) is 2.13. The van der Waals surface area contributed by atoms with E-state index < -0.39 is 0 Å². The second-order valence-corrected chi connectivity index (χ2v) is 5.98. The summed E-state index contributed by atoms with van der Waals surface area (Å²) in [6, 6.07) is 20.4. The Kier molecular flexibility index (Phi) is 5.79. The number of aromatic nitrogens is 1. The smallest absolute Gasteiger partial charge is 0.274 e. The summed E-state index contributed by atoms with van der Waals surface area (Å²) in [5.74, 6) is -0.436. The number of benzene rings is 2. The molecule has 27 heavy (non-hydrogen) atoms. The number of carbonyl (C=O) groups is 2. The van der Waals surface area contributed by atoms with Gasteiger partial charge in [-0.15, -0.1) is 0 Å². The Morgan fingerprint density at radius 3 is 2.04 bits per heavy atom. The Morgan fingerprint density at radius 1 is 0.815 bits per heavy atom. The molecular formula is C21H20N4O2. The van der Waals surface area contributed by atoms with E-state index in [-0.39, 0.29) is 11.8 Å². The lowest BCUT2D eigenvalue weighted by atomic mass is 10.2. The van der Waals surface area contributed by atoms with Gasteiger partial charge in [-0.2, -0.15) is 0 Å². The van der Waals surface area contributed by atoms with Crippen molar-refractivity contribution in [2.75, 3.05) is 16.0 Å². The second-order valence-electron chi connectivity index (χ2n) is 5.98. The maximum atomic E-state index is 12.3. The number of nitrogens with one attached hydrogen (secondary N) is 3. The van der Waals surface area contributed by atoms with Crippen molar-refractivity contribution in [1.29, 1.82) is 0 Å². The number of rotatable bonds is 6. The van der Waals surface area contributed by atoms with Gasteiger partial charge in [-0.25, -0.2) is 4.98 Å². The first-order valence-corrected chi connectivity index (χ1v) is 8.53. The van der Waals surface area contributed by atoms with E-state index in [1.54, 1.807) is 36.5 Å². The molecule has 0 saturated carbocycles. The SMILES string of the molecule is CC(=O)Nc1ccc(NC(=O)c2ccc(NCc3ccccc3)cn2)cc1. The first kappa shape index (κ1) is 18.1. The van der Waals surface area contributed by atoms with Crippen LogP contribution >= 0.6 is 0 Å². The molecule has 0 saturated heterocycles. The van der Waals surface area contributed by atoms with Crippen molar-refractivity contribution in [2.24, 2.45) is 0 Å². The van der Waals surface area contributed by atoms with E-state index in [4.69, 9.17) is 0 Å². The van der Waals surface area contributed by atoms with Crippen molar-refractivity contribution < 1.29 is 9.59 Å². The fourth-order valence-corrected chi connectivity index (χ4v) is 2.47. The topological polar surface area (TPSA) is 83.1 Å². The molecule has 0 radical (unpaired) electrons. The first-order valence-electron chi connectivity index (χ1n) is 8.53. The molecule has 6 nitrogen and oxygen atoms in total. The molecule has 1 aromatic heterocycles. The third-order valence-corrected chi connectivity index (χ3v) is 3.80. The van der Waals surface area contributed by atoms with Crippen LogP contribution in [0.25, 0.3) is 0 Å². The van der Waals surface area contributed by atoms with Crippen molar-refractivity contribution in [1.82, 2.24) is 4.98 Å². The minimum absolute atomic E-state index is 0.142. The summed E-state index contributed by atoms with van der Waals surface area (Å²) in [7, 11) is 0. The molecule has 1 heterocycles. The zero-order valence-electron chi connectivity index (χ0n) is 14.9. The number of anilines is 3. The zero-order valence-corrected chi connectivity index (χ0v) is 14.9. The lowest BCUT2D eigenvalue weighted by molar-refractivity contribution is -0.114. The van der Waals surface area contributed by atoms with Crippen LogP contribution in [0.3, 0.4) is 0 Å². The fraction of sp³-hybridized carbons (Fsp3) is 0.0952. The molecule has 0 aliphatic carbocycles. The van der Waals surface area contributed by atoms with Crippen molar-refractivity contribution in [3.8, 4) is 0 Å². The van der Waals surface area contributed by atoms with E-state index in [9.17, 15) is 9.59 Å². The molecule has 2 amide bonds. The highest BCUT2D eigenvalue weighted by atomic mass is 16.2. The van der Waals surface area contributed by atoms with Crippen molar-refractivity contribution >= 4 is 28.9 Å². The Morgan fingerprint density at radius 2 is 1.44 bits per heavy atom. The van der Waals surface area contributed by atoms with E-state index in [1.165, 1.54) is 12.5 Å². The Hall–Kier alpha value is -3.67. The van der Waals surface area contributed by atoms with E-state index in [0.717, 1.165) is 5.69 Å². The summed E-state index contributed by atoms with van der Waals surface area (Å²) >= 11 is 0. The number of nitrogens with zero attached hydrogens (tertiary/aromatic N) is 1. The molecule has 0 unspecified atom stereocenters. The molecule has 0 aliphatic rings. The van der Waals surface area contributed by atoms with Gasteiger partial charge in [0.15, 0.2) is 0 Å².